The molecule has 0 aliphatic heterocycles. The fraction of sp³-hybridized carbons (Fsp3) is 0.176. The molecule has 2 aromatic rings. The Bertz CT molecular complexity index is 576. The number of benzene rings is 2. The lowest BCUT2D eigenvalue weighted by molar-refractivity contribution is 0.414. The van der Waals surface area contributed by atoms with Crippen molar-refractivity contribution in [1.29, 1.82) is 0 Å². The van der Waals surface area contributed by atoms with E-state index in [0.29, 0.717) is 5.75 Å². The van der Waals surface area contributed by atoms with Crippen LogP contribution < -0.4 is 4.74 Å². The van der Waals surface area contributed by atoms with Gasteiger partial charge in [0, 0.05) is 16.6 Å². The van der Waals surface area contributed by atoms with E-state index in [9.17, 15) is 4.21 Å². The third-order valence-electron chi connectivity index (χ3n) is 3.07. The second kappa shape index (κ2) is 7.06. The quantitative estimate of drug-likeness (QED) is 0.757. The number of hydrogen-bond acceptors (Lipinski definition) is 2. The summed E-state index contributed by atoms with van der Waals surface area (Å²) < 4.78 is 17.7. The van der Waals surface area contributed by atoms with Gasteiger partial charge in [-0.3, -0.25) is 4.21 Å². The Kier molecular flexibility index (Phi) is 5.13. The van der Waals surface area contributed by atoms with Gasteiger partial charge < -0.3 is 4.74 Å². The summed E-state index contributed by atoms with van der Waals surface area (Å²) in [4.78, 5) is 0. The smallest absolute Gasteiger partial charge is 0.118 e. The minimum absolute atomic E-state index is 0.139. The van der Waals surface area contributed by atoms with Gasteiger partial charge in [-0.15, -0.1) is 6.58 Å². The molecule has 0 bridgehead atoms. The van der Waals surface area contributed by atoms with E-state index in [-0.39, 0.29) is 5.25 Å². The van der Waals surface area contributed by atoms with Crippen LogP contribution in [0.4, 0.5) is 0 Å². The molecule has 20 heavy (non-hydrogen) atoms. The summed E-state index contributed by atoms with van der Waals surface area (Å²) >= 11 is 0. The molecule has 3 heteroatoms. The molecule has 0 saturated carbocycles. The van der Waals surface area contributed by atoms with E-state index in [0.717, 1.165) is 16.9 Å². The normalized spacial score (nSPS) is 13.4. The van der Waals surface area contributed by atoms with Crippen LogP contribution in [0, 0.1) is 0 Å². The van der Waals surface area contributed by atoms with Gasteiger partial charge in [0.05, 0.1) is 12.4 Å². The monoisotopic (exact) mass is 286 g/mol. The van der Waals surface area contributed by atoms with Crippen molar-refractivity contribution in [1.82, 2.24) is 0 Å². The molecule has 2 atom stereocenters. The van der Waals surface area contributed by atoms with Crippen LogP contribution in [-0.4, -0.2) is 17.1 Å². The highest BCUT2D eigenvalue weighted by Gasteiger charge is 2.20. The van der Waals surface area contributed by atoms with Gasteiger partial charge in [0.15, 0.2) is 0 Å². The third-order valence-corrected chi connectivity index (χ3v) is 4.70. The predicted octanol–water partition coefficient (Wildman–Crippen LogP) is 3.72. The van der Waals surface area contributed by atoms with Crippen molar-refractivity contribution in [2.45, 2.75) is 5.25 Å². The van der Waals surface area contributed by atoms with Crippen molar-refractivity contribution >= 4 is 10.8 Å². The third kappa shape index (κ3) is 3.36. The van der Waals surface area contributed by atoms with Gasteiger partial charge in [-0.05, 0) is 23.3 Å². The van der Waals surface area contributed by atoms with Gasteiger partial charge in [-0.1, -0.05) is 48.5 Å². The van der Waals surface area contributed by atoms with Crippen LogP contribution in [0.5, 0.6) is 5.75 Å². The fourth-order valence-electron chi connectivity index (χ4n) is 2.11. The highest BCUT2D eigenvalue weighted by atomic mass is 32.2. The fourth-order valence-corrected chi connectivity index (χ4v) is 3.46. The van der Waals surface area contributed by atoms with Crippen LogP contribution in [0.2, 0.25) is 0 Å². The first-order valence-electron chi connectivity index (χ1n) is 6.43. The molecule has 0 aromatic heterocycles. The standard InChI is InChI=1S/C17H18O2S/c1-3-13-20(18)17(14-7-5-4-6-8-14)15-9-11-16(19-2)12-10-15/h3-12,17H,1,13H2,2H3. The average molecular weight is 286 g/mol. The first-order valence-corrected chi connectivity index (χ1v) is 7.81. The Hall–Kier alpha value is -1.87. The molecule has 0 radical (unpaired) electrons. The zero-order chi connectivity index (χ0) is 14.4. The lowest BCUT2D eigenvalue weighted by atomic mass is 10.0. The van der Waals surface area contributed by atoms with Crippen molar-refractivity contribution in [2.75, 3.05) is 12.9 Å². The molecule has 0 fully saturated rings. The van der Waals surface area contributed by atoms with Crippen molar-refractivity contribution in [3.8, 4) is 5.75 Å². The first-order chi connectivity index (χ1) is 9.76. The maximum Gasteiger partial charge on any atom is 0.118 e. The molecule has 0 heterocycles. The molecular formula is C17H18O2S. The van der Waals surface area contributed by atoms with Gasteiger partial charge in [0.1, 0.15) is 5.75 Å². The summed E-state index contributed by atoms with van der Waals surface area (Å²) in [6, 6.07) is 17.7. The molecule has 0 amide bonds. The van der Waals surface area contributed by atoms with E-state index in [1.807, 2.05) is 54.6 Å². The number of hydrogen-bond donors (Lipinski definition) is 0. The molecule has 0 aliphatic rings. The Morgan fingerprint density at radius 1 is 1.10 bits per heavy atom. The highest BCUT2D eigenvalue weighted by molar-refractivity contribution is 7.85. The van der Waals surface area contributed by atoms with E-state index in [1.54, 1.807) is 13.2 Å². The Morgan fingerprint density at radius 3 is 2.25 bits per heavy atom. The number of methoxy groups -OCH3 is 1. The lowest BCUT2D eigenvalue weighted by Gasteiger charge is -2.17. The second-order valence-electron chi connectivity index (χ2n) is 4.40. The van der Waals surface area contributed by atoms with Crippen molar-refractivity contribution in [2.24, 2.45) is 0 Å². The lowest BCUT2D eigenvalue weighted by Crippen LogP contribution is -2.10. The van der Waals surface area contributed by atoms with E-state index in [1.165, 1.54) is 0 Å². The van der Waals surface area contributed by atoms with Crippen molar-refractivity contribution < 1.29 is 8.95 Å². The van der Waals surface area contributed by atoms with Gasteiger partial charge in [0.2, 0.25) is 0 Å². The summed E-state index contributed by atoms with van der Waals surface area (Å²) in [5, 5.41) is -0.139. The van der Waals surface area contributed by atoms with Crippen LogP contribution in [0.25, 0.3) is 0 Å². The van der Waals surface area contributed by atoms with Gasteiger partial charge in [-0.2, -0.15) is 0 Å². The van der Waals surface area contributed by atoms with Gasteiger partial charge in [0.25, 0.3) is 0 Å². The Morgan fingerprint density at radius 2 is 1.70 bits per heavy atom. The maximum absolute atomic E-state index is 12.5. The number of rotatable bonds is 6. The first kappa shape index (κ1) is 14.5. The molecular weight excluding hydrogens is 268 g/mol. The Labute approximate surface area is 122 Å². The van der Waals surface area contributed by atoms with Gasteiger partial charge >= 0.3 is 0 Å². The van der Waals surface area contributed by atoms with E-state index < -0.39 is 10.8 Å². The molecule has 0 aliphatic carbocycles. The second-order valence-corrected chi connectivity index (χ2v) is 5.97. The molecule has 2 unspecified atom stereocenters. The largest absolute Gasteiger partial charge is 0.497 e. The summed E-state index contributed by atoms with van der Waals surface area (Å²) in [5.41, 5.74) is 2.08. The average Bonchev–Trinajstić information content (AvgIpc) is 2.50. The predicted molar refractivity (Wildman–Crippen MR) is 84.5 cm³/mol. The molecule has 2 aromatic carbocycles. The van der Waals surface area contributed by atoms with Crippen molar-refractivity contribution in [3.05, 3.63) is 78.4 Å². The minimum atomic E-state index is -1.03. The summed E-state index contributed by atoms with van der Waals surface area (Å²) in [6.45, 7) is 3.68. The molecule has 0 spiro atoms. The van der Waals surface area contributed by atoms with Crippen LogP contribution >= 0.6 is 0 Å². The SMILES string of the molecule is C=CCS(=O)C(c1ccccc1)c1ccc(OC)cc1. The zero-order valence-electron chi connectivity index (χ0n) is 11.5. The minimum Gasteiger partial charge on any atom is -0.497 e. The van der Waals surface area contributed by atoms with Crippen LogP contribution in [0.15, 0.2) is 67.3 Å². The summed E-state index contributed by atoms with van der Waals surface area (Å²) in [7, 11) is 0.611. The summed E-state index contributed by atoms with van der Waals surface area (Å²) in [5.74, 6) is 1.28. The maximum atomic E-state index is 12.5. The molecule has 104 valence electrons. The molecule has 2 rings (SSSR count). The van der Waals surface area contributed by atoms with Crippen LogP contribution in [-0.2, 0) is 10.8 Å². The number of ether oxygens (including phenoxy) is 1. The van der Waals surface area contributed by atoms with E-state index in [2.05, 4.69) is 6.58 Å². The van der Waals surface area contributed by atoms with Gasteiger partial charge in [-0.25, -0.2) is 0 Å². The topological polar surface area (TPSA) is 26.3 Å². The van der Waals surface area contributed by atoms with E-state index >= 15 is 0 Å². The highest BCUT2D eigenvalue weighted by Crippen LogP contribution is 2.29. The molecule has 2 nitrogen and oxygen atoms in total. The van der Waals surface area contributed by atoms with E-state index in [4.69, 9.17) is 4.74 Å². The van der Waals surface area contributed by atoms with Crippen LogP contribution in [0.3, 0.4) is 0 Å². The Balaban J connectivity index is 2.40. The molecule has 0 N–H and O–H groups in total. The molecule has 0 saturated heterocycles. The summed E-state index contributed by atoms with van der Waals surface area (Å²) in [6.07, 6.45) is 1.70. The zero-order valence-corrected chi connectivity index (χ0v) is 12.3. The van der Waals surface area contributed by atoms with Crippen molar-refractivity contribution in [3.63, 3.8) is 0 Å². The van der Waals surface area contributed by atoms with Crippen LogP contribution in [0.1, 0.15) is 16.4 Å².